The Bertz CT molecular complexity index is 908. The molecule has 0 aromatic rings. The van der Waals surface area contributed by atoms with Gasteiger partial charge in [0, 0.05) is 19.5 Å². The molecular formula is C23H44N10O9. The number of carbonyl (C=O) groups is 7. The first kappa shape index (κ1) is 38.1. The molecule has 0 spiro atoms. The number of hydrogen-bond donors (Lipinski definition) is 12. The maximum absolute atomic E-state index is 12.7. The lowest BCUT2D eigenvalue weighted by Gasteiger charge is -2.24. The van der Waals surface area contributed by atoms with Gasteiger partial charge in [-0.15, -0.1) is 0 Å². The molecule has 240 valence electrons. The van der Waals surface area contributed by atoms with Gasteiger partial charge < -0.3 is 64.6 Å². The van der Waals surface area contributed by atoms with E-state index in [0.717, 1.165) is 0 Å². The van der Waals surface area contributed by atoms with Crippen LogP contribution in [0.3, 0.4) is 0 Å². The van der Waals surface area contributed by atoms with Crippen molar-refractivity contribution in [2.24, 2.45) is 17.2 Å². The van der Waals surface area contributed by atoms with Crippen molar-refractivity contribution in [3.63, 3.8) is 0 Å². The second kappa shape index (κ2) is 21.8. The van der Waals surface area contributed by atoms with Gasteiger partial charge in [-0.1, -0.05) is 0 Å². The van der Waals surface area contributed by atoms with E-state index in [1.54, 1.807) is 12.2 Å². The Labute approximate surface area is 242 Å². The minimum Gasteiger partial charge on any atom is -0.365 e. The summed E-state index contributed by atoms with van der Waals surface area (Å²) in [6.45, 7) is 2.12. The van der Waals surface area contributed by atoms with Crippen molar-refractivity contribution in [1.29, 1.82) is 0 Å². The summed E-state index contributed by atoms with van der Waals surface area (Å²) in [7, 11) is 0. The van der Waals surface area contributed by atoms with Crippen LogP contribution >= 0.6 is 0 Å². The summed E-state index contributed by atoms with van der Waals surface area (Å²) in [6, 6.07) is -3.41. The van der Waals surface area contributed by atoms with Crippen LogP contribution in [-0.2, 0) is 33.6 Å². The monoisotopic (exact) mass is 604 g/mol. The maximum Gasteiger partial charge on any atom is 0.270 e. The fourth-order valence-electron chi connectivity index (χ4n) is 3.39. The van der Waals surface area contributed by atoms with E-state index >= 15 is 0 Å². The number of rotatable bonds is 22. The smallest absolute Gasteiger partial charge is 0.270 e. The first-order chi connectivity index (χ1) is 19.9. The van der Waals surface area contributed by atoms with Gasteiger partial charge in [-0.25, -0.2) is 0 Å². The van der Waals surface area contributed by atoms with E-state index in [0.29, 0.717) is 6.54 Å². The largest absolute Gasteiger partial charge is 0.365 e. The molecule has 19 heteroatoms. The van der Waals surface area contributed by atoms with E-state index in [4.69, 9.17) is 17.2 Å². The lowest BCUT2D eigenvalue weighted by molar-refractivity contribution is -0.139. The molecule has 0 saturated heterocycles. The fraction of sp³-hybridized carbons (Fsp3) is 0.696. The molecule has 0 rings (SSSR count). The molecule has 7 amide bonds. The van der Waals surface area contributed by atoms with E-state index in [1.165, 1.54) is 0 Å². The highest BCUT2D eigenvalue weighted by atomic mass is 16.3. The van der Waals surface area contributed by atoms with Crippen LogP contribution < -0.4 is 54.4 Å². The highest BCUT2D eigenvalue weighted by Gasteiger charge is 2.29. The number of aliphatic hydroxyl groups is 2. The van der Waals surface area contributed by atoms with E-state index in [9.17, 15) is 43.8 Å². The number of hydrogen-bond acceptors (Lipinski definition) is 12. The van der Waals surface area contributed by atoms with Crippen molar-refractivity contribution < 1.29 is 43.8 Å². The van der Waals surface area contributed by atoms with Gasteiger partial charge >= 0.3 is 0 Å². The second-order valence-electron chi connectivity index (χ2n) is 8.86. The van der Waals surface area contributed by atoms with Crippen LogP contribution in [0.25, 0.3) is 0 Å². The van der Waals surface area contributed by atoms with E-state index in [1.807, 2.05) is 5.32 Å². The number of carbonyl (C=O) groups excluding carboxylic acids is 7. The standard InChI is InChI=1S/C23H44N10O9/c1-2-27-17(36)13(5-8-24)30-16(35)4-3-11-28-20(39)23(42)33-19(38)15(7-10-26)31-18(37)14(6-9-25)32-22(41)21(40)29-12-34/h12-15,21,23,40,42H,2-11,24-26H2,1H3,(H,27,36)(H,28,39)(H,29,34)(H,30,35)(H,31,37)(H,32,41)(H,33,38). The van der Waals surface area contributed by atoms with Crippen LogP contribution in [0.2, 0.25) is 0 Å². The Morgan fingerprint density at radius 3 is 1.67 bits per heavy atom. The Hall–Kier alpha value is -3.91. The van der Waals surface area contributed by atoms with Crippen LogP contribution in [0.5, 0.6) is 0 Å². The van der Waals surface area contributed by atoms with Gasteiger partial charge in [-0.05, 0) is 52.2 Å². The first-order valence-electron chi connectivity index (χ1n) is 13.4. The summed E-state index contributed by atoms with van der Waals surface area (Å²) < 4.78 is 0. The molecular weight excluding hydrogens is 560 g/mol. The van der Waals surface area contributed by atoms with Crippen LogP contribution in [0.1, 0.15) is 39.0 Å². The van der Waals surface area contributed by atoms with Gasteiger partial charge in [0.05, 0.1) is 0 Å². The van der Waals surface area contributed by atoms with Crippen molar-refractivity contribution >= 4 is 41.9 Å². The molecule has 0 aromatic heterocycles. The fourth-order valence-corrected chi connectivity index (χ4v) is 3.39. The van der Waals surface area contributed by atoms with Crippen molar-refractivity contribution in [3.05, 3.63) is 0 Å². The summed E-state index contributed by atoms with van der Waals surface area (Å²) in [5.74, 6) is -4.74. The summed E-state index contributed by atoms with van der Waals surface area (Å²) in [5.41, 5.74) is 16.5. The molecule has 0 aliphatic rings. The zero-order valence-electron chi connectivity index (χ0n) is 23.5. The lowest BCUT2D eigenvalue weighted by atomic mass is 10.1. The summed E-state index contributed by atoms with van der Waals surface area (Å²) in [4.78, 5) is 84.0. The van der Waals surface area contributed by atoms with Crippen LogP contribution in [0.4, 0.5) is 0 Å². The van der Waals surface area contributed by atoms with Crippen molar-refractivity contribution in [2.45, 2.75) is 69.6 Å². The Balaban J connectivity index is 4.88. The summed E-state index contributed by atoms with van der Waals surface area (Å²) >= 11 is 0. The average Bonchev–Trinajstić information content (AvgIpc) is 2.94. The molecule has 0 aliphatic carbocycles. The SMILES string of the molecule is CCNC(=O)C(CCN)NC(=O)CCCNC(=O)C(O)NC(=O)C(CCN)NC(=O)C(CCN)NC(=O)C(O)NC=O. The van der Waals surface area contributed by atoms with Gasteiger partial charge in [-0.2, -0.15) is 0 Å². The third-order valence-corrected chi connectivity index (χ3v) is 5.52. The average molecular weight is 605 g/mol. The molecule has 19 nitrogen and oxygen atoms in total. The molecule has 5 atom stereocenters. The van der Waals surface area contributed by atoms with Gasteiger partial charge in [0.15, 0.2) is 0 Å². The number of likely N-dealkylation sites (N-methyl/N-ethyl adjacent to an activating group) is 1. The van der Waals surface area contributed by atoms with Gasteiger partial charge in [0.1, 0.15) is 18.1 Å². The van der Waals surface area contributed by atoms with Gasteiger partial charge in [0.25, 0.3) is 11.8 Å². The lowest BCUT2D eigenvalue weighted by Crippen LogP contribution is -2.58. The summed E-state index contributed by atoms with van der Waals surface area (Å²) in [6.07, 6.45) is -3.71. The van der Waals surface area contributed by atoms with Crippen LogP contribution in [0, 0.1) is 0 Å². The van der Waals surface area contributed by atoms with Crippen molar-refractivity contribution in [3.8, 4) is 0 Å². The number of nitrogens with two attached hydrogens (primary N) is 3. The topological polar surface area (TPSA) is 322 Å². The zero-order valence-corrected chi connectivity index (χ0v) is 23.5. The van der Waals surface area contributed by atoms with E-state index < -0.39 is 60.1 Å². The number of nitrogens with one attached hydrogen (secondary N) is 7. The van der Waals surface area contributed by atoms with Crippen LogP contribution in [0.15, 0.2) is 0 Å². The predicted molar refractivity (Wildman–Crippen MR) is 147 cm³/mol. The molecule has 0 fully saturated rings. The Morgan fingerprint density at radius 1 is 0.667 bits per heavy atom. The van der Waals surface area contributed by atoms with E-state index in [-0.39, 0.29) is 70.6 Å². The van der Waals surface area contributed by atoms with Crippen molar-refractivity contribution in [2.75, 3.05) is 32.7 Å². The predicted octanol–water partition coefficient (Wildman–Crippen LogP) is -6.98. The quantitative estimate of drug-likeness (QED) is 0.0311. The molecule has 0 aromatic carbocycles. The second-order valence-corrected chi connectivity index (χ2v) is 8.86. The van der Waals surface area contributed by atoms with E-state index in [2.05, 4.69) is 26.6 Å². The minimum atomic E-state index is -2.01. The number of amides is 7. The molecule has 0 heterocycles. The normalized spacial score (nSPS) is 14.1. The third-order valence-electron chi connectivity index (χ3n) is 5.52. The molecule has 5 unspecified atom stereocenters. The maximum atomic E-state index is 12.7. The molecule has 0 radical (unpaired) electrons. The zero-order chi connectivity index (χ0) is 32.1. The number of aliphatic hydroxyl groups excluding tert-OH is 2. The molecule has 42 heavy (non-hydrogen) atoms. The Morgan fingerprint density at radius 2 is 1.17 bits per heavy atom. The van der Waals surface area contributed by atoms with Crippen LogP contribution in [-0.4, -0.2) is 115 Å². The Kier molecular flexibility index (Phi) is 19.8. The highest BCUT2D eigenvalue weighted by molar-refractivity contribution is 5.94. The first-order valence-corrected chi connectivity index (χ1v) is 13.4. The molecule has 0 saturated carbocycles. The van der Waals surface area contributed by atoms with Gasteiger partial charge in [-0.3, -0.25) is 33.6 Å². The summed E-state index contributed by atoms with van der Waals surface area (Å²) in [5, 5.41) is 35.5. The van der Waals surface area contributed by atoms with Gasteiger partial charge in [0.2, 0.25) is 42.5 Å². The van der Waals surface area contributed by atoms with Crippen molar-refractivity contribution in [1.82, 2.24) is 37.2 Å². The molecule has 0 aliphatic heterocycles. The third kappa shape index (κ3) is 15.2. The minimum absolute atomic E-state index is 0.0451. The molecule has 0 bridgehead atoms. The molecule has 15 N–H and O–H groups in total. The highest BCUT2D eigenvalue weighted by Crippen LogP contribution is 1.99.